The summed E-state index contributed by atoms with van der Waals surface area (Å²) in [6.45, 7) is 1.55. The minimum atomic E-state index is -0.448. The van der Waals surface area contributed by atoms with Gasteiger partial charge < -0.3 is 14.6 Å². The Balaban J connectivity index is 1.55. The smallest absolute Gasteiger partial charge is 0.234 e. The number of hydrogen-bond donors (Lipinski definition) is 1. The summed E-state index contributed by atoms with van der Waals surface area (Å²) >= 11 is 7.16. The molecule has 156 valence electrons. The Kier molecular flexibility index (Phi) is 7.07. The van der Waals surface area contributed by atoms with Crippen molar-refractivity contribution in [2.45, 2.75) is 18.7 Å². The SMILES string of the molecule is CC(=O)c1cccc(NC(=O)CSc2nnc(COc3ccc(F)cc3Cl)n2C)c1. The van der Waals surface area contributed by atoms with Crippen molar-refractivity contribution in [1.29, 1.82) is 0 Å². The molecule has 0 fully saturated rings. The molecular formula is C20H18ClFN4O3S. The Morgan fingerprint density at radius 3 is 2.77 bits per heavy atom. The van der Waals surface area contributed by atoms with E-state index in [9.17, 15) is 14.0 Å². The average molecular weight is 449 g/mol. The van der Waals surface area contributed by atoms with Gasteiger partial charge in [-0.2, -0.15) is 0 Å². The number of ketones is 1. The maximum atomic E-state index is 13.1. The maximum Gasteiger partial charge on any atom is 0.234 e. The summed E-state index contributed by atoms with van der Waals surface area (Å²) in [5.74, 6) is 0.211. The number of nitrogens with one attached hydrogen (secondary N) is 1. The highest BCUT2D eigenvalue weighted by molar-refractivity contribution is 7.99. The van der Waals surface area contributed by atoms with Gasteiger partial charge in [0.25, 0.3) is 0 Å². The Labute approximate surface area is 181 Å². The summed E-state index contributed by atoms with van der Waals surface area (Å²) in [5, 5.41) is 11.6. The number of rotatable bonds is 8. The number of benzene rings is 2. The molecule has 0 saturated carbocycles. The van der Waals surface area contributed by atoms with Crippen LogP contribution in [0.5, 0.6) is 5.75 Å². The monoisotopic (exact) mass is 448 g/mol. The van der Waals surface area contributed by atoms with Gasteiger partial charge in [-0.1, -0.05) is 35.5 Å². The number of anilines is 1. The topological polar surface area (TPSA) is 86.1 Å². The maximum absolute atomic E-state index is 13.1. The minimum absolute atomic E-state index is 0.0729. The molecule has 2 aromatic carbocycles. The number of thioether (sulfide) groups is 1. The predicted octanol–water partition coefficient (Wildman–Crippen LogP) is 4.12. The van der Waals surface area contributed by atoms with Crippen LogP contribution >= 0.6 is 23.4 Å². The lowest BCUT2D eigenvalue weighted by molar-refractivity contribution is -0.113. The molecule has 0 aliphatic rings. The molecule has 0 saturated heterocycles. The van der Waals surface area contributed by atoms with Crippen LogP contribution in [0.15, 0.2) is 47.6 Å². The van der Waals surface area contributed by atoms with Crippen molar-refractivity contribution in [1.82, 2.24) is 14.8 Å². The first-order valence-electron chi connectivity index (χ1n) is 8.83. The van der Waals surface area contributed by atoms with Crippen molar-refractivity contribution < 1.29 is 18.7 Å². The molecule has 1 heterocycles. The average Bonchev–Trinajstić information content (AvgIpc) is 3.05. The Morgan fingerprint density at radius 1 is 1.23 bits per heavy atom. The summed E-state index contributed by atoms with van der Waals surface area (Å²) in [6, 6.07) is 10.6. The summed E-state index contributed by atoms with van der Waals surface area (Å²) in [7, 11) is 1.75. The van der Waals surface area contributed by atoms with E-state index in [0.29, 0.717) is 28.0 Å². The first kappa shape index (κ1) is 21.8. The highest BCUT2D eigenvalue weighted by Crippen LogP contribution is 2.26. The van der Waals surface area contributed by atoms with Gasteiger partial charge in [-0.15, -0.1) is 10.2 Å². The number of amides is 1. The van der Waals surface area contributed by atoms with Gasteiger partial charge in [0.05, 0.1) is 10.8 Å². The third kappa shape index (κ3) is 5.58. The summed E-state index contributed by atoms with van der Waals surface area (Å²) in [5.41, 5.74) is 1.08. The largest absolute Gasteiger partial charge is 0.484 e. The highest BCUT2D eigenvalue weighted by atomic mass is 35.5. The number of ether oxygens (including phenoxy) is 1. The number of halogens is 2. The molecule has 1 aromatic heterocycles. The molecule has 0 aliphatic carbocycles. The lowest BCUT2D eigenvalue weighted by atomic mass is 10.1. The standard InChI is InChI=1S/C20H18ClFN4O3S/c1-12(27)13-4-3-5-15(8-13)23-19(28)11-30-20-25-24-18(26(20)2)10-29-17-7-6-14(22)9-16(17)21/h3-9H,10-11H2,1-2H3,(H,23,28). The first-order chi connectivity index (χ1) is 14.3. The van der Waals surface area contributed by atoms with Crippen LogP contribution in [0.1, 0.15) is 23.1 Å². The van der Waals surface area contributed by atoms with Gasteiger partial charge in [0, 0.05) is 18.3 Å². The number of Topliss-reactive ketones (excluding diaryl/α,β-unsaturated/α-hetero) is 1. The zero-order valence-electron chi connectivity index (χ0n) is 16.2. The molecule has 30 heavy (non-hydrogen) atoms. The van der Waals surface area contributed by atoms with Crippen LogP contribution in [0.2, 0.25) is 5.02 Å². The number of carbonyl (C=O) groups excluding carboxylic acids is 2. The van der Waals surface area contributed by atoms with Gasteiger partial charge in [0.15, 0.2) is 16.8 Å². The molecule has 0 aliphatic heterocycles. The number of carbonyl (C=O) groups is 2. The van der Waals surface area contributed by atoms with E-state index in [0.717, 1.165) is 0 Å². The molecule has 0 bridgehead atoms. The van der Waals surface area contributed by atoms with Crippen LogP contribution < -0.4 is 10.1 Å². The van der Waals surface area contributed by atoms with Crippen LogP contribution in [0.25, 0.3) is 0 Å². The first-order valence-corrected chi connectivity index (χ1v) is 10.2. The van der Waals surface area contributed by atoms with Gasteiger partial charge >= 0.3 is 0 Å². The van der Waals surface area contributed by atoms with E-state index in [-0.39, 0.29) is 29.1 Å². The lowest BCUT2D eigenvalue weighted by Gasteiger charge is -2.08. The van der Waals surface area contributed by atoms with Gasteiger partial charge in [0.1, 0.15) is 18.2 Å². The molecule has 3 aromatic rings. The van der Waals surface area contributed by atoms with Gasteiger partial charge in [-0.25, -0.2) is 4.39 Å². The molecule has 3 rings (SSSR count). The van der Waals surface area contributed by atoms with Crippen molar-refractivity contribution in [2.75, 3.05) is 11.1 Å². The fourth-order valence-electron chi connectivity index (χ4n) is 2.47. The van der Waals surface area contributed by atoms with Gasteiger partial charge in [-0.3, -0.25) is 9.59 Å². The molecule has 1 N–H and O–H groups in total. The third-order valence-electron chi connectivity index (χ3n) is 4.06. The van der Waals surface area contributed by atoms with Crippen molar-refractivity contribution in [3.8, 4) is 5.75 Å². The van der Waals surface area contributed by atoms with E-state index in [1.54, 1.807) is 35.9 Å². The Bertz CT molecular complexity index is 1090. The summed E-state index contributed by atoms with van der Waals surface area (Å²) < 4.78 is 20.4. The lowest BCUT2D eigenvalue weighted by Crippen LogP contribution is -2.15. The van der Waals surface area contributed by atoms with Crippen molar-refractivity contribution in [2.24, 2.45) is 7.05 Å². The molecule has 0 spiro atoms. The molecule has 10 heteroatoms. The zero-order chi connectivity index (χ0) is 21.7. The van der Waals surface area contributed by atoms with Crippen molar-refractivity contribution in [3.63, 3.8) is 0 Å². The predicted molar refractivity (Wildman–Crippen MR) is 113 cm³/mol. The fraction of sp³-hybridized carbons (Fsp3) is 0.200. The third-order valence-corrected chi connectivity index (χ3v) is 5.38. The van der Waals surface area contributed by atoms with Crippen LogP contribution in [0, 0.1) is 5.82 Å². The molecule has 0 radical (unpaired) electrons. The molecule has 7 nitrogen and oxygen atoms in total. The molecule has 1 amide bonds. The summed E-state index contributed by atoms with van der Waals surface area (Å²) in [6.07, 6.45) is 0. The normalized spacial score (nSPS) is 10.7. The number of hydrogen-bond acceptors (Lipinski definition) is 6. The molecular weight excluding hydrogens is 431 g/mol. The van der Waals surface area contributed by atoms with Gasteiger partial charge in [-0.05, 0) is 37.3 Å². The van der Waals surface area contributed by atoms with Gasteiger partial charge in [0.2, 0.25) is 5.91 Å². The van der Waals surface area contributed by atoms with Crippen LogP contribution in [0.4, 0.5) is 10.1 Å². The van der Waals surface area contributed by atoms with E-state index in [1.807, 2.05) is 0 Å². The fourth-order valence-corrected chi connectivity index (χ4v) is 3.43. The van der Waals surface area contributed by atoms with E-state index in [1.165, 1.54) is 36.9 Å². The highest BCUT2D eigenvalue weighted by Gasteiger charge is 2.13. The second kappa shape index (κ2) is 9.73. The van der Waals surface area contributed by atoms with Crippen molar-refractivity contribution in [3.05, 3.63) is 64.7 Å². The van der Waals surface area contributed by atoms with Crippen LogP contribution in [-0.4, -0.2) is 32.2 Å². The number of aromatic nitrogens is 3. The Hall–Kier alpha value is -2.91. The zero-order valence-corrected chi connectivity index (χ0v) is 17.8. The second-order valence-electron chi connectivity index (χ2n) is 6.30. The van der Waals surface area contributed by atoms with E-state index in [2.05, 4.69) is 15.5 Å². The Morgan fingerprint density at radius 2 is 2.03 bits per heavy atom. The quantitative estimate of drug-likeness (QED) is 0.412. The minimum Gasteiger partial charge on any atom is -0.484 e. The van der Waals surface area contributed by atoms with E-state index in [4.69, 9.17) is 16.3 Å². The second-order valence-corrected chi connectivity index (χ2v) is 7.64. The van der Waals surface area contributed by atoms with Crippen LogP contribution in [0.3, 0.4) is 0 Å². The number of nitrogens with zero attached hydrogens (tertiary/aromatic N) is 3. The van der Waals surface area contributed by atoms with E-state index < -0.39 is 5.82 Å². The summed E-state index contributed by atoms with van der Waals surface area (Å²) in [4.78, 5) is 23.7. The molecule has 0 atom stereocenters. The molecule has 0 unspecified atom stereocenters. The van der Waals surface area contributed by atoms with Crippen LogP contribution in [-0.2, 0) is 18.4 Å². The van der Waals surface area contributed by atoms with Crippen molar-refractivity contribution >= 4 is 40.7 Å². The van der Waals surface area contributed by atoms with E-state index >= 15 is 0 Å².